The van der Waals surface area contributed by atoms with Crippen LogP contribution in [0.2, 0.25) is 0 Å². The van der Waals surface area contributed by atoms with E-state index in [1.54, 1.807) is 23.7 Å². The first-order chi connectivity index (χ1) is 12.7. The number of hydrogen-bond acceptors (Lipinski definition) is 8. The van der Waals surface area contributed by atoms with Gasteiger partial charge in [0, 0.05) is 54.2 Å². The van der Waals surface area contributed by atoms with Gasteiger partial charge >= 0.3 is 0 Å². The van der Waals surface area contributed by atoms with E-state index in [0.29, 0.717) is 0 Å². The van der Waals surface area contributed by atoms with Gasteiger partial charge in [-0.2, -0.15) is 0 Å². The van der Waals surface area contributed by atoms with Crippen LogP contribution in [0, 0.1) is 13.8 Å². The third kappa shape index (κ3) is 3.80. The molecule has 7 nitrogen and oxygen atoms in total. The molecule has 3 aromatic rings. The van der Waals surface area contributed by atoms with E-state index in [9.17, 15) is 0 Å². The number of hydrogen-bond donors (Lipinski definition) is 1. The second-order valence-electron chi connectivity index (χ2n) is 6.49. The lowest BCUT2D eigenvalue weighted by atomic mass is 9.97. The van der Waals surface area contributed by atoms with E-state index in [2.05, 4.69) is 25.2 Å². The lowest BCUT2D eigenvalue weighted by Crippen LogP contribution is -2.36. The quantitative estimate of drug-likeness (QED) is 0.756. The van der Waals surface area contributed by atoms with Crippen molar-refractivity contribution in [1.29, 1.82) is 0 Å². The van der Waals surface area contributed by atoms with Crippen LogP contribution >= 0.6 is 11.3 Å². The smallest absolute Gasteiger partial charge is 0.225 e. The molecule has 0 saturated carbocycles. The maximum atomic E-state index is 4.77. The fraction of sp³-hybridized carbons (Fsp3) is 0.389. The molecule has 134 valence electrons. The van der Waals surface area contributed by atoms with Crippen LogP contribution in [0.4, 0.5) is 16.9 Å². The van der Waals surface area contributed by atoms with Crippen molar-refractivity contribution in [3.05, 3.63) is 47.1 Å². The SMILES string of the molecule is Cc1cc(Nc2ncc(C)s2)nc(C2CCCN(c3ncccn3)C2)n1. The summed E-state index contributed by atoms with van der Waals surface area (Å²) in [6.45, 7) is 5.85. The van der Waals surface area contributed by atoms with Crippen molar-refractivity contribution in [2.45, 2.75) is 32.6 Å². The van der Waals surface area contributed by atoms with E-state index in [1.165, 1.54) is 4.88 Å². The minimum absolute atomic E-state index is 0.269. The fourth-order valence-electron chi connectivity index (χ4n) is 3.18. The number of piperidine rings is 1. The zero-order valence-electron chi connectivity index (χ0n) is 14.9. The van der Waals surface area contributed by atoms with E-state index in [4.69, 9.17) is 9.97 Å². The van der Waals surface area contributed by atoms with Crippen LogP contribution in [-0.2, 0) is 0 Å². The van der Waals surface area contributed by atoms with Crippen molar-refractivity contribution in [2.75, 3.05) is 23.3 Å². The lowest BCUT2D eigenvalue weighted by molar-refractivity contribution is 0.485. The van der Waals surface area contributed by atoms with Crippen LogP contribution in [0.15, 0.2) is 30.7 Å². The molecule has 0 bridgehead atoms. The van der Waals surface area contributed by atoms with Gasteiger partial charge in [0.15, 0.2) is 5.13 Å². The summed E-state index contributed by atoms with van der Waals surface area (Å²) in [5.74, 6) is 2.73. The number of nitrogens with one attached hydrogen (secondary N) is 1. The van der Waals surface area contributed by atoms with Crippen molar-refractivity contribution in [3.8, 4) is 0 Å². The van der Waals surface area contributed by atoms with Gasteiger partial charge in [-0.05, 0) is 32.8 Å². The Morgan fingerprint density at radius 3 is 2.77 bits per heavy atom. The van der Waals surface area contributed by atoms with Crippen LogP contribution < -0.4 is 10.2 Å². The van der Waals surface area contributed by atoms with Crippen LogP contribution in [0.3, 0.4) is 0 Å². The molecular weight excluding hydrogens is 346 g/mol. The highest BCUT2D eigenvalue weighted by Gasteiger charge is 2.25. The number of nitrogens with zero attached hydrogens (tertiary/aromatic N) is 6. The Hall–Kier alpha value is -2.61. The van der Waals surface area contributed by atoms with Crippen LogP contribution in [0.1, 0.15) is 35.2 Å². The normalized spacial score (nSPS) is 17.3. The zero-order chi connectivity index (χ0) is 17.9. The third-order valence-corrected chi connectivity index (χ3v) is 5.18. The van der Waals surface area contributed by atoms with Gasteiger partial charge < -0.3 is 10.2 Å². The standard InChI is InChI=1S/C18H21N7S/c1-12-9-15(24-18-21-10-13(2)26-18)23-16(22-12)14-5-3-8-25(11-14)17-19-6-4-7-20-17/h4,6-7,9-10,14H,3,5,8,11H2,1-2H3,(H,21,22,23,24). The van der Waals surface area contributed by atoms with Gasteiger partial charge in [0.2, 0.25) is 5.95 Å². The molecule has 1 unspecified atom stereocenters. The Morgan fingerprint density at radius 1 is 1.15 bits per heavy atom. The van der Waals surface area contributed by atoms with Gasteiger partial charge in [-0.25, -0.2) is 24.9 Å². The van der Waals surface area contributed by atoms with Gasteiger partial charge in [-0.3, -0.25) is 0 Å². The molecule has 1 atom stereocenters. The number of aryl methyl sites for hydroxylation is 2. The first kappa shape index (κ1) is 16.8. The third-order valence-electron chi connectivity index (χ3n) is 4.35. The van der Waals surface area contributed by atoms with E-state index >= 15 is 0 Å². The Bertz CT molecular complexity index is 880. The molecule has 0 amide bonds. The molecule has 4 heterocycles. The van der Waals surface area contributed by atoms with Gasteiger partial charge in [0.1, 0.15) is 11.6 Å². The fourth-order valence-corrected chi connectivity index (χ4v) is 3.86. The minimum Gasteiger partial charge on any atom is -0.340 e. The monoisotopic (exact) mass is 367 g/mol. The highest BCUT2D eigenvalue weighted by atomic mass is 32.1. The number of thiazole rings is 1. The second-order valence-corrected chi connectivity index (χ2v) is 7.72. The average Bonchev–Trinajstić information content (AvgIpc) is 3.07. The molecule has 1 saturated heterocycles. The Balaban J connectivity index is 1.54. The molecule has 0 aliphatic carbocycles. The zero-order valence-corrected chi connectivity index (χ0v) is 15.7. The number of rotatable bonds is 4. The molecule has 1 N–H and O–H groups in total. The van der Waals surface area contributed by atoms with E-state index < -0.39 is 0 Å². The second kappa shape index (κ2) is 7.33. The average molecular weight is 367 g/mol. The summed E-state index contributed by atoms with van der Waals surface area (Å²) in [6.07, 6.45) is 7.58. The summed E-state index contributed by atoms with van der Waals surface area (Å²) < 4.78 is 0. The number of anilines is 3. The van der Waals surface area contributed by atoms with Crippen LogP contribution in [-0.4, -0.2) is 38.0 Å². The molecule has 26 heavy (non-hydrogen) atoms. The highest BCUT2D eigenvalue weighted by molar-refractivity contribution is 7.15. The Kier molecular flexibility index (Phi) is 4.75. The molecule has 1 aliphatic heterocycles. The van der Waals surface area contributed by atoms with Crippen molar-refractivity contribution in [3.63, 3.8) is 0 Å². The first-order valence-electron chi connectivity index (χ1n) is 8.74. The van der Waals surface area contributed by atoms with Gasteiger partial charge in [-0.1, -0.05) is 0 Å². The molecule has 1 aliphatic rings. The van der Waals surface area contributed by atoms with Gasteiger partial charge in [-0.15, -0.1) is 11.3 Å². The maximum Gasteiger partial charge on any atom is 0.225 e. The molecule has 4 rings (SSSR count). The van der Waals surface area contributed by atoms with Crippen molar-refractivity contribution < 1.29 is 0 Å². The Labute approximate surface area is 156 Å². The molecule has 0 aromatic carbocycles. The predicted molar refractivity (Wildman–Crippen MR) is 103 cm³/mol. The Morgan fingerprint density at radius 2 is 2.00 bits per heavy atom. The molecular formula is C18H21N7S. The van der Waals surface area contributed by atoms with Gasteiger partial charge in [0.25, 0.3) is 0 Å². The van der Waals surface area contributed by atoms with Crippen molar-refractivity contribution in [1.82, 2.24) is 24.9 Å². The van der Waals surface area contributed by atoms with E-state index in [0.717, 1.165) is 54.3 Å². The molecule has 3 aromatic heterocycles. The van der Waals surface area contributed by atoms with E-state index in [-0.39, 0.29) is 5.92 Å². The molecule has 0 spiro atoms. The van der Waals surface area contributed by atoms with E-state index in [1.807, 2.05) is 32.2 Å². The summed E-state index contributed by atoms with van der Waals surface area (Å²) >= 11 is 1.62. The first-order valence-corrected chi connectivity index (χ1v) is 9.56. The summed E-state index contributed by atoms with van der Waals surface area (Å²) in [7, 11) is 0. The van der Waals surface area contributed by atoms with Crippen molar-refractivity contribution >= 4 is 28.2 Å². The summed E-state index contributed by atoms with van der Waals surface area (Å²) in [6, 6.07) is 3.80. The largest absolute Gasteiger partial charge is 0.340 e. The molecule has 1 fully saturated rings. The van der Waals surface area contributed by atoms with Crippen molar-refractivity contribution in [2.24, 2.45) is 0 Å². The topological polar surface area (TPSA) is 79.7 Å². The maximum absolute atomic E-state index is 4.77. The lowest BCUT2D eigenvalue weighted by Gasteiger charge is -2.32. The highest BCUT2D eigenvalue weighted by Crippen LogP contribution is 2.28. The predicted octanol–water partition coefficient (Wildman–Crippen LogP) is 3.47. The van der Waals surface area contributed by atoms with Gasteiger partial charge in [0.05, 0.1) is 0 Å². The van der Waals surface area contributed by atoms with Crippen LogP contribution in [0.5, 0.6) is 0 Å². The molecule has 0 radical (unpaired) electrons. The summed E-state index contributed by atoms with van der Waals surface area (Å²) in [5.41, 5.74) is 0.957. The van der Waals surface area contributed by atoms with Crippen LogP contribution in [0.25, 0.3) is 0 Å². The molecule has 8 heteroatoms. The minimum atomic E-state index is 0.269. The number of aromatic nitrogens is 5. The summed E-state index contributed by atoms with van der Waals surface area (Å²) in [5, 5.41) is 4.16. The summed E-state index contributed by atoms with van der Waals surface area (Å²) in [4.78, 5) is 26.0.